The molecule has 3 aromatic carbocycles. The number of fused-ring (bicyclic) bond motifs is 6. The van der Waals surface area contributed by atoms with Crippen LogP contribution in [0.4, 0.5) is 11.4 Å². The lowest BCUT2D eigenvalue weighted by Crippen LogP contribution is -2.51. The van der Waals surface area contributed by atoms with E-state index in [1.54, 1.807) is 31.4 Å². The average molecular weight is 541 g/mol. The lowest BCUT2D eigenvalue weighted by molar-refractivity contribution is -0.128. The number of ketones is 2. The smallest absolute Gasteiger partial charge is 0.238 e. The quantitative estimate of drug-likeness (QED) is 0.415. The topological polar surface area (TPSA) is 75.7 Å². The van der Waals surface area contributed by atoms with E-state index in [2.05, 4.69) is 5.32 Å². The third-order valence-electron chi connectivity index (χ3n) is 8.26. The highest BCUT2D eigenvalue weighted by Crippen LogP contribution is 2.58. The normalized spacial score (nSPS) is 24.7. The summed E-state index contributed by atoms with van der Waals surface area (Å²) in [4.78, 5) is 45.3. The predicted octanol–water partition coefficient (Wildman–Crippen LogP) is 5.94. The second-order valence-electron chi connectivity index (χ2n) is 11.4. The zero-order chi connectivity index (χ0) is 27.7. The van der Waals surface area contributed by atoms with Crippen LogP contribution >= 0.6 is 11.6 Å². The minimum absolute atomic E-state index is 0.106. The van der Waals surface area contributed by atoms with E-state index in [1.165, 1.54) is 0 Å². The van der Waals surface area contributed by atoms with Gasteiger partial charge in [-0.25, -0.2) is 0 Å². The van der Waals surface area contributed by atoms with E-state index in [0.29, 0.717) is 22.0 Å². The second kappa shape index (κ2) is 8.82. The number of hydrogen-bond donors (Lipinski definition) is 1. The van der Waals surface area contributed by atoms with Gasteiger partial charge in [0.25, 0.3) is 0 Å². The number of para-hydroxylation sites is 1. The summed E-state index contributed by atoms with van der Waals surface area (Å²) in [6.07, 6.45) is 3.92. The highest BCUT2D eigenvalue weighted by atomic mass is 35.5. The number of nitrogens with zero attached hydrogens (tertiary/aromatic N) is 1. The molecule has 1 fully saturated rings. The number of ether oxygens (including phenoxy) is 1. The van der Waals surface area contributed by atoms with Crippen LogP contribution in [-0.2, 0) is 15.0 Å². The van der Waals surface area contributed by atoms with Gasteiger partial charge in [0, 0.05) is 32.9 Å². The summed E-state index contributed by atoms with van der Waals surface area (Å²) in [5.41, 5.74) is 1.34. The molecule has 0 bridgehead atoms. The molecule has 3 heterocycles. The molecular weight excluding hydrogens is 512 g/mol. The molecule has 198 valence electrons. The Balaban J connectivity index is 1.67. The van der Waals surface area contributed by atoms with Gasteiger partial charge in [-0.15, -0.1) is 0 Å². The Hall–Kier alpha value is -3.90. The number of anilines is 2. The Kier molecular flexibility index (Phi) is 5.74. The van der Waals surface area contributed by atoms with Crippen LogP contribution in [-0.4, -0.2) is 36.7 Å². The van der Waals surface area contributed by atoms with Gasteiger partial charge in [-0.05, 0) is 54.1 Å². The number of rotatable bonds is 4. The Bertz CT molecular complexity index is 1560. The van der Waals surface area contributed by atoms with Crippen molar-refractivity contribution in [3.63, 3.8) is 0 Å². The van der Waals surface area contributed by atoms with Gasteiger partial charge in [-0.1, -0.05) is 62.7 Å². The van der Waals surface area contributed by atoms with Crippen molar-refractivity contribution in [1.29, 1.82) is 0 Å². The molecule has 6 rings (SSSR count). The number of methoxy groups -OCH3 is 1. The van der Waals surface area contributed by atoms with Crippen LogP contribution in [0.15, 0.2) is 72.8 Å². The SMILES string of the molecule is COc1ccc2c(c1)C=C[C@@H]1N2[C@H](C(=O)C(C)(C)C)[C@@H](C(=O)c2ccc(Cl)cc2)[C@@]12C(=O)Nc1ccccc12. The first-order valence-electron chi connectivity index (χ1n) is 13.0. The first kappa shape index (κ1) is 25.4. The number of nitrogens with one attached hydrogen (secondary N) is 1. The van der Waals surface area contributed by atoms with Crippen molar-refractivity contribution in [3.05, 3.63) is 94.5 Å². The molecule has 6 nitrogen and oxygen atoms in total. The molecule has 3 aliphatic heterocycles. The number of amides is 1. The van der Waals surface area contributed by atoms with Crippen molar-refractivity contribution in [2.75, 3.05) is 17.3 Å². The maximum Gasteiger partial charge on any atom is 0.238 e. The van der Waals surface area contributed by atoms with Crippen LogP contribution in [0.25, 0.3) is 6.08 Å². The highest BCUT2D eigenvalue weighted by molar-refractivity contribution is 6.30. The molecule has 0 aliphatic carbocycles. The van der Waals surface area contributed by atoms with Crippen molar-refractivity contribution >= 4 is 46.5 Å². The molecule has 4 atom stereocenters. The number of carbonyl (C=O) groups excluding carboxylic acids is 3. The number of halogens is 1. The zero-order valence-corrected chi connectivity index (χ0v) is 23.0. The van der Waals surface area contributed by atoms with E-state index in [1.807, 2.05) is 80.3 Å². The third kappa shape index (κ3) is 3.58. The number of hydrogen-bond acceptors (Lipinski definition) is 5. The first-order valence-corrected chi connectivity index (χ1v) is 13.4. The van der Waals surface area contributed by atoms with Gasteiger partial charge in [-0.2, -0.15) is 0 Å². The summed E-state index contributed by atoms with van der Waals surface area (Å²) in [6.45, 7) is 5.57. The fraction of sp³-hybridized carbons (Fsp3) is 0.281. The Morgan fingerprint density at radius 1 is 1.03 bits per heavy atom. The molecule has 0 aromatic heterocycles. The Morgan fingerprint density at radius 3 is 2.44 bits per heavy atom. The van der Waals surface area contributed by atoms with Gasteiger partial charge in [0.1, 0.15) is 17.2 Å². The summed E-state index contributed by atoms with van der Waals surface area (Å²) in [5.74, 6) is -0.958. The van der Waals surface area contributed by atoms with E-state index < -0.39 is 28.8 Å². The van der Waals surface area contributed by atoms with E-state index in [9.17, 15) is 14.4 Å². The van der Waals surface area contributed by atoms with E-state index >= 15 is 0 Å². The van der Waals surface area contributed by atoms with Crippen LogP contribution < -0.4 is 15.0 Å². The predicted molar refractivity (Wildman–Crippen MR) is 153 cm³/mol. The molecule has 0 saturated carbocycles. The molecule has 7 heteroatoms. The molecule has 0 radical (unpaired) electrons. The standard InChI is InChI=1S/C32H29ClN2O4/c1-31(2,3)29(37)27-26(28(36)18-9-12-20(33)13-10-18)32(22-7-5-6-8-23(22)34-30(32)38)25-16-11-19-17-21(39-4)14-15-24(19)35(25)27/h5-17,25-27H,1-4H3,(H,34,38)/t25-,26-,27-,32-/m0/s1. The molecule has 3 aliphatic rings. The number of benzene rings is 3. The van der Waals surface area contributed by atoms with Crippen molar-refractivity contribution < 1.29 is 19.1 Å². The summed E-state index contributed by atoms with van der Waals surface area (Å²) in [5, 5.41) is 3.55. The lowest BCUT2D eigenvalue weighted by Gasteiger charge is -2.38. The van der Waals surface area contributed by atoms with Crippen molar-refractivity contribution in [1.82, 2.24) is 0 Å². The summed E-state index contributed by atoms with van der Waals surface area (Å²) < 4.78 is 5.46. The van der Waals surface area contributed by atoms with Crippen LogP contribution in [0.1, 0.15) is 42.3 Å². The molecule has 39 heavy (non-hydrogen) atoms. The molecule has 0 unspecified atom stereocenters. The fourth-order valence-electron chi connectivity index (χ4n) is 6.52. The van der Waals surface area contributed by atoms with Crippen LogP contribution in [0.2, 0.25) is 5.02 Å². The Morgan fingerprint density at radius 2 is 1.74 bits per heavy atom. The monoisotopic (exact) mass is 540 g/mol. The molecule has 1 saturated heterocycles. The fourth-order valence-corrected chi connectivity index (χ4v) is 6.65. The Labute approximate surface area is 232 Å². The maximum atomic E-state index is 14.6. The average Bonchev–Trinajstić information content (AvgIpc) is 3.40. The molecular formula is C32H29ClN2O4. The largest absolute Gasteiger partial charge is 0.497 e. The van der Waals surface area contributed by atoms with Gasteiger partial charge in [0.15, 0.2) is 11.6 Å². The van der Waals surface area contributed by atoms with Gasteiger partial charge >= 0.3 is 0 Å². The molecule has 1 N–H and O–H groups in total. The maximum absolute atomic E-state index is 14.6. The molecule has 1 amide bonds. The lowest BCUT2D eigenvalue weighted by atomic mass is 9.63. The zero-order valence-electron chi connectivity index (χ0n) is 22.2. The van der Waals surface area contributed by atoms with Gasteiger partial charge < -0.3 is 15.0 Å². The molecule has 1 spiro atoms. The minimum atomic E-state index is -1.33. The highest BCUT2D eigenvalue weighted by Gasteiger charge is 2.70. The summed E-state index contributed by atoms with van der Waals surface area (Å²) in [6, 6.07) is 18.3. The van der Waals surface area contributed by atoms with Crippen molar-refractivity contribution in [3.8, 4) is 5.75 Å². The van der Waals surface area contributed by atoms with E-state index in [0.717, 1.165) is 16.8 Å². The van der Waals surface area contributed by atoms with E-state index in [-0.39, 0.29) is 17.5 Å². The van der Waals surface area contributed by atoms with E-state index in [4.69, 9.17) is 16.3 Å². The number of carbonyl (C=O) groups is 3. The van der Waals surface area contributed by atoms with Gasteiger partial charge in [0.2, 0.25) is 5.91 Å². The van der Waals surface area contributed by atoms with Gasteiger partial charge in [0.05, 0.1) is 19.1 Å². The third-order valence-corrected chi connectivity index (χ3v) is 8.51. The summed E-state index contributed by atoms with van der Waals surface area (Å²) in [7, 11) is 1.61. The minimum Gasteiger partial charge on any atom is -0.497 e. The molecule has 3 aromatic rings. The van der Waals surface area contributed by atoms with Crippen LogP contribution in [0.3, 0.4) is 0 Å². The van der Waals surface area contributed by atoms with Gasteiger partial charge in [-0.3, -0.25) is 14.4 Å². The van der Waals surface area contributed by atoms with Crippen molar-refractivity contribution in [2.24, 2.45) is 11.3 Å². The first-order chi connectivity index (χ1) is 18.6. The number of Topliss-reactive ketones (excluding diaryl/α,β-unsaturated/α-hetero) is 2. The van der Waals surface area contributed by atoms with Crippen molar-refractivity contribution in [2.45, 2.75) is 38.3 Å². The summed E-state index contributed by atoms with van der Waals surface area (Å²) >= 11 is 6.15. The van der Waals surface area contributed by atoms with Crippen LogP contribution in [0.5, 0.6) is 5.75 Å². The second-order valence-corrected chi connectivity index (χ2v) is 11.8. The van der Waals surface area contributed by atoms with Crippen LogP contribution in [0, 0.1) is 11.3 Å².